The van der Waals surface area contributed by atoms with Crippen molar-refractivity contribution < 1.29 is 18.8 Å². The Bertz CT molecular complexity index is 545. The van der Waals surface area contributed by atoms with Crippen LogP contribution in [0.3, 0.4) is 0 Å². The van der Waals surface area contributed by atoms with Gasteiger partial charge in [0.15, 0.2) is 5.82 Å². The number of methoxy groups -OCH3 is 1. The zero-order valence-electron chi connectivity index (χ0n) is 13.9. The molecule has 0 unspecified atom stereocenters. The number of hydrogen-bond acceptors (Lipinski definition) is 6. The third-order valence-corrected chi connectivity index (χ3v) is 4.10. The molecular weight excluding hydrogens is 300 g/mol. The Hall–Kier alpha value is -1.96. The fraction of sp³-hybridized carbons (Fsp3) is 0.733. The average molecular weight is 324 g/mol. The number of aromatic nitrogens is 2. The maximum Gasteiger partial charge on any atom is 0.246 e. The smallest absolute Gasteiger partial charge is 0.246 e. The third-order valence-electron chi connectivity index (χ3n) is 4.10. The Kier molecular flexibility index (Phi) is 6.09. The number of ether oxygens (including phenoxy) is 1. The van der Waals surface area contributed by atoms with E-state index in [4.69, 9.17) is 9.26 Å². The maximum atomic E-state index is 12.0. The first kappa shape index (κ1) is 17.4. The highest BCUT2D eigenvalue weighted by atomic mass is 16.5. The molecule has 0 aromatic carbocycles. The molecule has 1 fully saturated rings. The summed E-state index contributed by atoms with van der Waals surface area (Å²) >= 11 is 0. The van der Waals surface area contributed by atoms with Gasteiger partial charge in [-0.05, 0) is 26.2 Å². The molecule has 0 bridgehead atoms. The number of hydrogen-bond donors (Lipinski definition) is 1. The number of rotatable bonds is 6. The quantitative estimate of drug-likeness (QED) is 0.831. The Morgan fingerprint density at radius 1 is 1.48 bits per heavy atom. The van der Waals surface area contributed by atoms with Gasteiger partial charge in [-0.25, -0.2) is 0 Å². The lowest BCUT2D eigenvalue weighted by Gasteiger charge is -2.40. The fourth-order valence-corrected chi connectivity index (χ4v) is 2.98. The molecule has 0 aliphatic carbocycles. The van der Waals surface area contributed by atoms with Gasteiger partial charge in [0.2, 0.25) is 17.7 Å². The van der Waals surface area contributed by atoms with Crippen LogP contribution in [0.25, 0.3) is 0 Å². The predicted molar refractivity (Wildman–Crippen MR) is 81.3 cm³/mol. The van der Waals surface area contributed by atoms with Crippen LogP contribution >= 0.6 is 0 Å². The largest absolute Gasteiger partial charge is 0.379 e. The fourth-order valence-electron chi connectivity index (χ4n) is 2.98. The van der Waals surface area contributed by atoms with Crippen LogP contribution in [-0.2, 0) is 20.9 Å². The number of aryl methyl sites for hydroxylation is 1. The van der Waals surface area contributed by atoms with Crippen LogP contribution in [0.2, 0.25) is 0 Å². The summed E-state index contributed by atoms with van der Waals surface area (Å²) in [4.78, 5) is 29.6. The minimum atomic E-state index is -0.107. The van der Waals surface area contributed by atoms with Crippen molar-refractivity contribution >= 4 is 11.8 Å². The van der Waals surface area contributed by atoms with Crippen molar-refractivity contribution in [1.82, 2.24) is 20.4 Å². The van der Waals surface area contributed by atoms with E-state index >= 15 is 0 Å². The summed E-state index contributed by atoms with van der Waals surface area (Å²) in [6, 6.07) is -0.0531. The second-order valence-corrected chi connectivity index (χ2v) is 5.75. The Balaban J connectivity index is 1.83. The molecule has 1 saturated heterocycles. The van der Waals surface area contributed by atoms with Gasteiger partial charge in [-0.1, -0.05) is 5.16 Å². The number of carbonyl (C=O) groups excluding carboxylic acids is 2. The normalized spacial score (nSPS) is 21.3. The van der Waals surface area contributed by atoms with Gasteiger partial charge in [-0.3, -0.25) is 9.59 Å². The first-order valence-electron chi connectivity index (χ1n) is 7.87. The van der Waals surface area contributed by atoms with Crippen molar-refractivity contribution in [2.24, 2.45) is 0 Å². The Labute approximate surface area is 135 Å². The average Bonchev–Trinajstić information content (AvgIpc) is 2.95. The molecule has 1 aromatic rings. The lowest BCUT2D eigenvalue weighted by atomic mass is 9.94. The van der Waals surface area contributed by atoms with Gasteiger partial charge >= 0.3 is 0 Å². The summed E-state index contributed by atoms with van der Waals surface area (Å²) in [6.07, 6.45) is 2.72. The van der Waals surface area contributed by atoms with Crippen molar-refractivity contribution in [2.75, 3.05) is 13.7 Å². The Morgan fingerprint density at radius 3 is 2.87 bits per heavy atom. The van der Waals surface area contributed by atoms with E-state index in [2.05, 4.69) is 15.5 Å². The van der Waals surface area contributed by atoms with Crippen molar-refractivity contribution in [1.29, 1.82) is 0 Å². The number of carbonyl (C=O) groups is 2. The van der Waals surface area contributed by atoms with Crippen LogP contribution in [0.4, 0.5) is 0 Å². The van der Waals surface area contributed by atoms with E-state index < -0.39 is 0 Å². The molecule has 23 heavy (non-hydrogen) atoms. The molecule has 0 saturated carbocycles. The molecule has 8 nitrogen and oxygen atoms in total. The maximum absolute atomic E-state index is 12.0. The first-order chi connectivity index (χ1) is 11.0. The standard InChI is InChI=1S/C15H24N4O4/c1-10-17-15(23-18-10)9-16-14(21)7-6-12-13(22-3)5-4-8-19(12)11(2)20/h12-13H,4-9H2,1-3H3,(H,16,21)/t12-,13-/m0/s1. The summed E-state index contributed by atoms with van der Waals surface area (Å²) < 4.78 is 10.4. The zero-order chi connectivity index (χ0) is 16.8. The molecular formula is C15H24N4O4. The molecule has 1 aliphatic heterocycles. The SMILES string of the molecule is CO[C@H]1CCCN(C(C)=O)[C@H]1CCC(=O)NCc1nc(C)no1. The second kappa shape index (κ2) is 8.05. The molecule has 8 heteroatoms. The molecule has 128 valence electrons. The molecule has 2 amide bonds. The highest BCUT2D eigenvalue weighted by molar-refractivity contribution is 5.76. The predicted octanol–water partition coefficient (Wildman–Crippen LogP) is 0.800. The summed E-state index contributed by atoms with van der Waals surface area (Å²) in [6.45, 7) is 4.22. The number of nitrogens with one attached hydrogen (secondary N) is 1. The van der Waals surface area contributed by atoms with Crippen molar-refractivity contribution in [3.63, 3.8) is 0 Å². The van der Waals surface area contributed by atoms with Gasteiger partial charge < -0.3 is 19.5 Å². The van der Waals surface area contributed by atoms with Crippen LogP contribution in [0.15, 0.2) is 4.52 Å². The topological polar surface area (TPSA) is 97.6 Å². The van der Waals surface area contributed by atoms with Gasteiger partial charge in [0.1, 0.15) is 0 Å². The minimum Gasteiger partial charge on any atom is -0.379 e. The lowest BCUT2D eigenvalue weighted by molar-refractivity contribution is -0.138. The molecule has 2 heterocycles. The van der Waals surface area contributed by atoms with Crippen LogP contribution in [0, 0.1) is 6.92 Å². The number of likely N-dealkylation sites (tertiary alicyclic amines) is 1. The second-order valence-electron chi connectivity index (χ2n) is 5.75. The minimum absolute atomic E-state index is 0.0148. The van der Waals surface area contributed by atoms with Gasteiger partial charge in [0.25, 0.3) is 0 Å². The molecule has 0 radical (unpaired) electrons. The summed E-state index contributed by atoms with van der Waals surface area (Å²) in [5.74, 6) is 0.841. The number of amides is 2. The van der Waals surface area contributed by atoms with E-state index in [1.165, 1.54) is 0 Å². The summed E-state index contributed by atoms with van der Waals surface area (Å²) in [5.41, 5.74) is 0. The van der Waals surface area contributed by atoms with Crippen LogP contribution < -0.4 is 5.32 Å². The molecule has 1 N–H and O–H groups in total. The lowest BCUT2D eigenvalue weighted by Crippen LogP contribution is -2.51. The first-order valence-corrected chi connectivity index (χ1v) is 7.87. The molecule has 0 spiro atoms. The molecule has 1 aliphatic rings. The van der Waals surface area contributed by atoms with Gasteiger partial charge in [0, 0.05) is 27.0 Å². The molecule has 2 rings (SSSR count). The molecule has 2 atom stereocenters. The summed E-state index contributed by atoms with van der Waals surface area (Å²) in [7, 11) is 1.65. The van der Waals surface area contributed by atoms with Crippen molar-refractivity contribution in [3.05, 3.63) is 11.7 Å². The van der Waals surface area contributed by atoms with E-state index in [1.54, 1.807) is 21.0 Å². The van der Waals surface area contributed by atoms with Crippen molar-refractivity contribution in [2.45, 2.75) is 58.2 Å². The third kappa shape index (κ3) is 4.75. The van der Waals surface area contributed by atoms with Crippen molar-refractivity contribution in [3.8, 4) is 0 Å². The van der Waals surface area contributed by atoms with Crippen LogP contribution in [0.1, 0.15) is 44.3 Å². The van der Waals surface area contributed by atoms with E-state index in [0.29, 0.717) is 24.6 Å². The summed E-state index contributed by atoms with van der Waals surface area (Å²) in [5, 5.41) is 6.42. The van der Waals surface area contributed by atoms with E-state index in [0.717, 1.165) is 19.4 Å². The van der Waals surface area contributed by atoms with E-state index in [-0.39, 0.29) is 30.5 Å². The van der Waals surface area contributed by atoms with Gasteiger partial charge in [-0.15, -0.1) is 0 Å². The van der Waals surface area contributed by atoms with E-state index in [1.807, 2.05) is 4.90 Å². The number of piperidine rings is 1. The zero-order valence-corrected chi connectivity index (χ0v) is 13.9. The van der Waals surface area contributed by atoms with Crippen LogP contribution in [0.5, 0.6) is 0 Å². The van der Waals surface area contributed by atoms with Gasteiger partial charge in [0.05, 0.1) is 18.7 Å². The highest BCUT2D eigenvalue weighted by Gasteiger charge is 2.33. The number of nitrogens with zero attached hydrogens (tertiary/aromatic N) is 3. The Morgan fingerprint density at radius 2 is 2.26 bits per heavy atom. The van der Waals surface area contributed by atoms with Crippen LogP contribution in [-0.4, -0.2) is 52.7 Å². The van der Waals surface area contributed by atoms with Gasteiger partial charge in [-0.2, -0.15) is 4.98 Å². The highest BCUT2D eigenvalue weighted by Crippen LogP contribution is 2.23. The molecule has 1 aromatic heterocycles. The monoisotopic (exact) mass is 324 g/mol. The van der Waals surface area contributed by atoms with E-state index in [9.17, 15) is 9.59 Å².